The van der Waals surface area contributed by atoms with Crippen molar-refractivity contribution in [3.63, 3.8) is 0 Å². The number of rotatable bonds is 6. The summed E-state index contributed by atoms with van der Waals surface area (Å²) in [6.45, 7) is 6.19. The summed E-state index contributed by atoms with van der Waals surface area (Å²) in [6.07, 6.45) is 7.75. The molecule has 1 unspecified atom stereocenters. The first-order valence-corrected chi connectivity index (χ1v) is 6.57. The minimum Gasteiger partial charge on any atom is -0.392 e. The van der Waals surface area contributed by atoms with E-state index in [1.54, 1.807) is 0 Å². The maximum absolute atomic E-state index is 9.69. The Morgan fingerprint density at radius 2 is 1.87 bits per heavy atom. The topological polar surface area (TPSA) is 32.3 Å². The van der Waals surface area contributed by atoms with Crippen LogP contribution in [-0.4, -0.2) is 24.3 Å². The fourth-order valence-electron chi connectivity index (χ4n) is 2.47. The van der Waals surface area contributed by atoms with E-state index in [0.29, 0.717) is 5.92 Å². The lowest BCUT2D eigenvalue weighted by atomic mass is 9.89. The van der Waals surface area contributed by atoms with Gasteiger partial charge in [0.15, 0.2) is 0 Å². The first-order chi connectivity index (χ1) is 7.18. The van der Waals surface area contributed by atoms with Crippen molar-refractivity contribution >= 4 is 0 Å². The van der Waals surface area contributed by atoms with Crippen LogP contribution in [0.2, 0.25) is 0 Å². The quantitative estimate of drug-likeness (QED) is 0.711. The highest BCUT2D eigenvalue weighted by molar-refractivity contribution is 4.69. The van der Waals surface area contributed by atoms with E-state index in [0.717, 1.165) is 25.4 Å². The molecule has 0 aromatic heterocycles. The van der Waals surface area contributed by atoms with Crippen molar-refractivity contribution in [1.29, 1.82) is 0 Å². The van der Waals surface area contributed by atoms with Crippen LogP contribution in [-0.2, 0) is 0 Å². The fourth-order valence-corrected chi connectivity index (χ4v) is 2.47. The number of hydrogen-bond acceptors (Lipinski definition) is 2. The van der Waals surface area contributed by atoms with E-state index in [1.165, 1.54) is 32.1 Å². The average Bonchev–Trinajstić information content (AvgIpc) is 2.18. The van der Waals surface area contributed by atoms with E-state index in [1.807, 2.05) is 0 Å². The third kappa shape index (κ3) is 6.16. The van der Waals surface area contributed by atoms with Gasteiger partial charge in [-0.05, 0) is 37.6 Å². The maximum Gasteiger partial charge on any atom is 0.0667 e. The molecule has 0 amide bonds. The van der Waals surface area contributed by atoms with Crippen molar-refractivity contribution in [3.05, 3.63) is 0 Å². The SMILES string of the molecule is CC(C)CC(O)CNCC1CCCCC1. The molecule has 0 heterocycles. The van der Waals surface area contributed by atoms with Gasteiger partial charge in [0.25, 0.3) is 0 Å². The summed E-state index contributed by atoms with van der Waals surface area (Å²) in [5, 5.41) is 13.1. The molecule has 0 bridgehead atoms. The Labute approximate surface area is 94.5 Å². The highest BCUT2D eigenvalue weighted by atomic mass is 16.3. The van der Waals surface area contributed by atoms with Crippen molar-refractivity contribution in [2.45, 2.75) is 58.5 Å². The van der Waals surface area contributed by atoms with Crippen LogP contribution in [0.3, 0.4) is 0 Å². The minimum atomic E-state index is -0.159. The largest absolute Gasteiger partial charge is 0.392 e. The summed E-state index contributed by atoms with van der Waals surface area (Å²) < 4.78 is 0. The molecule has 1 atom stereocenters. The summed E-state index contributed by atoms with van der Waals surface area (Å²) in [6, 6.07) is 0. The van der Waals surface area contributed by atoms with Crippen LogP contribution in [0.25, 0.3) is 0 Å². The molecule has 0 spiro atoms. The van der Waals surface area contributed by atoms with Crippen LogP contribution in [0.1, 0.15) is 52.4 Å². The van der Waals surface area contributed by atoms with Crippen molar-refractivity contribution in [2.75, 3.05) is 13.1 Å². The molecule has 0 saturated heterocycles. The smallest absolute Gasteiger partial charge is 0.0667 e. The number of aliphatic hydroxyl groups excluding tert-OH is 1. The van der Waals surface area contributed by atoms with Gasteiger partial charge in [0.1, 0.15) is 0 Å². The third-order valence-electron chi connectivity index (χ3n) is 3.28. The maximum atomic E-state index is 9.69. The zero-order chi connectivity index (χ0) is 11.1. The van der Waals surface area contributed by atoms with Gasteiger partial charge in [-0.3, -0.25) is 0 Å². The highest BCUT2D eigenvalue weighted by Crippen LogP contribution is 2.22. The van der Waals surface area contributed by atoms with E-state index in [9.17, 15) is 5.11 Å². The van der Waals surface area contributed by atoms with Crippen molar-refractivity contribution in [3.8, 4) is 0 Å². The Bertz CT molecular complexity index is 153. The molecule has 1 saturated carbocycles. The van der Waals surface area contributed by atoms with E-state index >= 15 is 0 Å². The van der Waals surface area contributed by atoms with Crippen LogP contribution in [0.4, 0.5) is 0 Å². The summed E-state index contributed by atoms with van der Waals surface area (Å²) in [5.74, 6) is 1.46. The normalized spacial score (nSPS) is 20.8. The zero-order valence-electron chi connectivity index (χ0n) is 10.3. The molecular formula is C13H27NO. The molecule has 15 heavy (non-hydrogen) atoms. The standard InChI is InChI=1S/C13H27NO/c1-11(2)8-13(15)10-14-9-12-6-4-3-5-7-12/h11-15H,3-10H2,1-2H3. The van der Waals surface area contributed by atoms with Crippen LogP contribution in [0.15, 0.2) is 0 Å². The lowest BCUT2D eigenvalue weighted by Crippen LogP contribution is -2.32. The predicted octanol–water partition coefficient (Wildman–Crippen LogP) is 2.56. The molecule has 1 rings (SSSR count). The summed E-state index contributed by atoms with van der Waals surface area (Å²) in [4.78, 5) is 0. The summed E-state index contributed by atoms with van der Waals surface area (Å²) in [5.41, 5.74) is 0. The molecule has 2 heteroatoms. The molecule has 2 N–H and O–H groups in total. The van der Waals surface area contributed by atoms with Gasteiger partial charge < -0.3 is 10.4 Å². The van der Waals surface area contributed by atoms with Gasteiger partial charge in [-0.2, -0.15) is 0 Å². The second-order valence-corrected chi connectivity index (χ2v) is 5.45. The monoisotopic (exact) mass is 213 g/mol. The summed E-state index contributed by atoms with van der Waals surface area (Å²) >= 11 is 0. The fraction of sp³-hybridized carbons (Fsp3) is 1.00. The van der Waals surface area contributed by atoms with Gasteiger partial charge in [0.05, 0.1) is 6.10 Å². The number of hydrogen-bond donors (Lipinski definition) is 2. The summed E-state index contributed by atoms with van der Waals surface area (Å²) in [7, 11) is 0. The Morgan fingerprint density at radius 1 is 1.20 bits per heavy atom. The van der Waals surface area contributed by atoms with E-state index < -0.39 is 0 Å². The Kier molecular flexibility index (Phi) is 6.26. The molecular weight excluding hydrogens is 186 g/mol. The van der Waals surface area contributed by atoms with Crippen LogP contribution < -0.4 is 5.32 Å². The molecule has 1 fully saturated rings. The first-order valence-electron chi connectivity index (χ1n) is 6.57. The van der Waals surface area contributed by atoms with E-state index in [2.05, 4.69) is 19.2 Å². The van der Waals surface area contributed by atoms with Gasteiger partial charge >= 0.3 is 0 Å². The zero-order valence-corrected chi connectivity index (χ0v) is 10.3. The van der Waals surface area contributed by atoms with Crippen LogP contribution in [0, 0.1) is 11.8 Å². The van der Waals surface area contributed by atoms with E-state index in [4.69, 9.17) is 0 Å². The first kappa shape index (κ1) is 13.0. The van der Waals surface area contributed by atoms with Crippen molar-refractivity contribution < 1.29 is 5.11 Å². The third-order valence-corrected chi connectivity index (χ3v) is 3.28. The van der Waals surface area contributed by atoms with Crippen LogP contribution in [0.5, 0.6) is 0 Å². The Morgan fingerprint density at radius 3 is 2.47 bits per heavy atom. The molecule has 0 aromatic carbocycles. The molecule has 1 aliphatic rings. The van der Waals surface area contributed by atoms with Crippen molar-refractivity contribution in [1.82, 2.24) is 5.32 Å². The van der Waals surface area contributed by atoms with E-state index in [-0.39, 0.29) is 6.10 Å². The van der Waals surface area contributed by atoms with Gasteiger partial charge in [-0.1, -0.05) is 33.1 Å². The molecule has 90 valence electrons. The predicted molar refractivity (Wildman–Crippen MR) is 64.9 cm³/mol. The minimum absolute atomic E-state index is 0.159. The van der Waals surface area contributed by atoms with Gasteiger partial charge in [0, 0.05) is 6.54 Å². The Hall–Kier alpha value is -0.0800. The lowest BCUT2D eigenvalue weighted by molar-refractivity contribution is 0.143. The molecule has 0 aromatic rings. The number of nitrogens with one attached hydrogen (secondary N) is 1. The number of aliphatic hydroxyl groups is 1. The second-order valence-electron chi connectivity index (χ2n) is 5.45. The molecule has 0 aliphatic heterocycles. The van der Waals surface area contributed by atoms with Crippen molar-refractivity contribution in [2.24, 2.45) is 11.8 Å². The highest BCUT2D eigenvalue weighted by Gasteiger charge is 2.13. The second kappa shape index (κ2) is 7.24. The average molecular weight is 213 g/mol. The molecule has 0 radical (unpaired) electrons. The lowest BCUT2D eigenvalue weighted by Gasteiger charge is -2.22. The van der Waals surface area contributed by atoms with Gasteiger partial charge in [-0.25, -0.2) is 0 Å². The van der Waals surface area contributed by atoms with Gasteiger partial charge in [0.2, 0.25) is 0 Å². The van der Waals surface area contributed by atoms with Crippen LogP contribution >= 0.6 is 0 Å². The van der Waals surface area contributed by atoms with Gasteiger partial charge in [-0.15, -0.1) is 0 Å². The Balaban J connectivity index is 1.99. The molecule has 2 nitrogen and oxygen atoms in total. The molecule has 1 aliphatic carbocycles.